The predicted octanol–water partition coefficient (Wildman–Crippen LogP) is 1.46. The number of nitriles is 1. The number of aliphatic hydroxyl groups excluding tert-OH is 1. The lowest BCUT2D eigenvalue weighted by atomic mass is 9.96. The zero-order valence-corrected chi connectivity index (χ0v) is 11.9. The van der Waals surface area contributed by atoms with Crippen LogP contribution < -0.4 is 5.32 Å². The third-order valence-electron chi connectivity index (χ3n) is 3.72. The molecular formula is C15H22N4O. The smallest absolute Gasteiger partial charge is 0.143 e. The molecule has 1 aromatic heterocycles. The lowest BCUT2D eigenvalue weighted by molar-refractivity contribution is 0.102. The Labute approximate surface area is 120 Å². The molecule has 2 N–H and O–H groups in total. The number of β-amino-alcohol motifs (C(OH)–C–C–N with tert-alkyl or cyclic N) is 1. The number of nitrogens with one attached hydrogen (secondary N) is 1. The van der Waals surface area contributed by atoms with Gasteiger partial charge in [-0.3, -0.25) is 0 Å². The second-order valence-electron chi connectivity index (χ2n) is 5.49. The second kappa shape index (κ2) is 7.22. The van der Waals surface area contributed by atoms with E-state index in [2.05, 4.69) is 21.3 Å². The van der Waals surface area contributed by atoms with Gasteiger partial charge in [-0.15, -0.1) is 0 Å². The number of aromatic nitrogens is 1. The van der Waals surface area contributed by atoms with E-state index in [0.29, 0.717) is 17.3 Å². The first-order chi connectivity index (χ1) is 9.69. The SMILES string of the molecule is C[C@H](O)CN1CCC(CNc2ncccc2C#N)CC1. The van der Waals surface area contributed by atoms with Crippen LogP contribution in [0, 0.1) is 17.2 Å². The third kappa shape index (κ3) is 4.19. The van der Waals surface area contributed by atoms with Gasteiger partial charge in [0.25, 0.3) is 0 Å². The summed E-state index contributed by atoms with van der Waals surface area (Å²) in [5, 5.41) is 21.7. The molecule has 0 amide bonds. The standard InChI is InChI=1S/C15H22N4O/c1-12(20)11-19-7-4-13(5-8-19)10-18-15-14(9-16)3-2-6-17-15/h2-3,6,12-13,20H,4-5,7-8,10-11H2,1H3,(H,17,18)/t12-/m0/s1. The first-order valence-electron chi connectivity index (χ1n) is 7.18. The van der Waals surface area contributed by atoms with Crippen molar-refractivity contribution in [1.82, 2.24) is 9.88 Å². The Morgan fingerprint density at radius 1 is 1.55 bits per heavy atom. The molecule has 2 rings (SSSR count). The zero-order valence-electron chi connectivity index (χ0n) is 11.9. The fraction of sp³-hybridized carbons (Fsp3) is 0.600. The van der Waals surface area contributed by atoms with E-state index in [9.17, 15) is 5.11 Å². The van der Waals surface area contributed by atoms with Crippen molar-refractivity contribution < 1.29 is 5.11 Å². The average Bonchev–Trinajstić information content (AvgIpc) is 2.46. The van der Waals surface area contributed by atoms with Crippen LogP contribution in [0.4, 0.5) is 5.82 Å². The molecule has 5 heteroatoms. The molecule has 5 nitrogen and oxygen atoms in total. The quantitative estimate of drug-likeness (QED) is 0.850. The number of rotatable bonds is 5. The molecule has 1 atom stereocenters. The van der Waals surface area contributed by atoms with E-state index in [-0.39, 0.29) is 6.10 Å². The van der Waals surface area contributed by atoms with Gasteiger partial charge in [0, 0.05) is 19.3 Å². The highest BCUT2D eigenvalue weighted by atomic mass is 16.3. The molecule has 108 valence electrons. The number of hydrogen-bond acceptors (Lipinski definition) is 5. The Hall–Kier alpha value is -1.64. The minimum atomic E-state index is -0.253. The number of nitrogens with zero attached hydrogens (tertiary/aromatic N) is 3. The van der Waals surface area contributed by atoms with Gasteiger partial charge in [-0.05, 0) is 50.9 Å². The van der Waals surface area contributed by atoms with Crippen LogP contribution in [-0.2, 0) is 0 Å². The fourth-order valence-electron chi connectivity index (χ4n) is 2.62. The summed E-state index contributed by atoms with van der Waals surface area (Å²) in [4.78, 5) is 6.52. The van der Waals surface area contributed by atoms with Crippen LogP contribution in [0.25, 0.3) is 0 Å². The fourth-order valence-corrected chi connectivity index (χ4v) is 2.62. The number of pyridine rings is 1. The summed E-state index contributed by atoms with van der Waals surface area (Å²) < 4.78 is 0. The lowest BCUT2D eigenvalue weighted by Gasteiger charge is -2.32. The van der Waals surface area contributed by atoms with E-state index in [4.69, 9.17) is 5.26 Å². The van der Waals surface area contributed by atoms with Crippen LogP contribution in [0.2, 0.25) is 0 Å². The first-order valence-corrected chi connectivity index (χ1v) is 7.18. The minimum absolute atomic E-state index is 0.253. The summed E-state index contributed by atoms with van der Waals surface area (Å²) >= 11 is 0. The van der Waals surface area contributed by atoms with Gasteiger partial charge >= 0.3 is 0 Å². The van der Waals surface area contributed by atoms with Crippen molar-refractivity contribution in [2.45, 2.75) is 25.9 Å². The Kier molecular flexibility index (Phi) is 5.33. The van der Waals surface area contributed by atoms with Gasteiger partial charge in [0.1, 0.15) is 11.9 Å². The van der Waals surface area contributed by atoms with E-state index in [0.717, 1.165) is 39.0 Å². The van der Waals surface area contributed by atoms with Gasteiger partial charge in [-0.25, -0.2) is 4.98 Å². The van der Waals surface area contributed by atoms with Gasteiger partial charge in [0.15, 0.2) is 0 Å². The van der Waals surface area contributed by atoms with Gasteiger partial charge in [-0.2, -0.15) is 5.26 Å². The molecular weight excluding hydrogens is 252 g/mol. The topological polar surface area (TPSA) is 72.2 Å². The maximum absolute atomic E-state index is 9.39. The van der Waals surface area contributed by atoms with E-state index in [1.165, 1.54) is 0 Å². The summed E-state index contributed by atoms with van der Waals surface area (Å²) in [6, 6.07) is 5.71. The minimum Gasteiger partial charge on any atom is -0.392 e. The highest BCUT2D eigenvalue weighted by molar-refractivity contribution is 5.51. The van der Waals surface area contributed by atoms with Crippen LogP contribution in [-0.4, -0.2) is 47.3 Å². The van der Waals surface area contributed by atoms with E-state index >= 15 is 0 Å². The Bertz CT molecular complexity index is 461. The van der Waals surface area contributed by atoms with Crippen molar-refractivity contribution in [2.75, 3.05) is 31.5 Å². The van der Waals surface area contributed by atoms with Gasteiger partial charge < -0.3 is 15.3 Å². The monoisotopic (exact) mass is 274 g/mol. The van der Waals surface area contributed by atoms with Crippen LogP contribution in [0.5, 0.6) is 0 Å². The van der Waals surface area contributed by atoms with Crippen LogP contribution in [0.1, 0.15) is 25.3 Å². The van der Waals surface area contributed by atoms with Crippen molar-refractivity contribution in [1.29, 1.82) is 5.26 Å². The number of anilines is 1. The lowest BCUT2D eigenvalue weighted by Crippen LogP contribution is -2.39. The van der Waals surface area contributed by atoms with Gasteiger partial charge in [0.05, 0.1) is 11.7 Å². The molecule has 1 aromatic rings. The Morgan fingerprint density at radius 3 is 2.95 bits per heavy atom. The Morgan fingerprint density at radius 2 is 2.30 bits per heavy atom. The molecule has 0 saturated carbocycles. The normalized spacial score (nSPS) is 18.4. The summed E-state index contributed by atoms with van der Waals surface area (Å²) in [7, 11) is 0. The number of likely N-dealkylation sites (tertiary alicyclic amines) is 1. The molecule has 20 heavy (non-hydrogen) atoms. The van der Waals surface area contributed by atoms with Crippen LogP contribution in [0.15, 0.2) is 18.3 Å². The van der Waals surface area contributed by atoms with Crippen molar-refractivity contribution in [3.8, 4) is 6.07 Å². The molecule has 1 aliphatic heterocycles. The molecule has 1 saturated heterocycles. The number of aliphatic hydroxyl groups is 1. The molecule has 0 bridgehead atoms. The first kappa shape index (κ1) is 14.8. The number of hydrogen-bond donors (Lipinski definition) is 2. The van der Waals surface area contributed by atoms with Crippen molar-refractivity contribution in [3.05, 3.63) is 23.9 Å². The molecule has 0 radical (unpaired) electrons. The summed E-state index contributed by atoms with van der Waals surface area (Å²) in [6.45, 7) is 5.51. The van der Waals surface area contributed by atoms with Crippen molar-refractivity contribution >= 4 is 5.82 Å². The largest absolute Gasteiger partial charge is 0.392 e. The summed E-state index contributed by atoms with van der Waals surface area (Å²) in [5.74, 6) is 1.29. The summed E-state index contributed by atoms with van der Waals surface area (Å²) in [5.41, 5.74) is 0.596. The zero-order chi connectivity index (χ0) is 14.4. The van der Waals surface area contributed by atoms with Crippen LogP contribution >= 0.6 is 0 Å². The molecule has 0 aromatic carbocycles. The molecule has 0 aliphatic carbocycles. The highest BCUT2D eigenvalue weighted by Gasteiger charge is 2.20. The molecule has 1 fully saturated rings. The molecule has 1 aliphatic rings. The summed E-state index contributed by atoms with van der Waals surface area (Å²) in [6.07, 6.45) is 3.69. The maximum atomic E-state index is 9.39. The van der Waals surface area contributed by atoms with E-state index in [1.807, 2.05) is 6.92 Å². The average molecular weight is 274 g/mol. The van der Waals surface area contributed by atoms with E-state index < -0.39 is 0 Å². The molecule has 2 heterocycles. The molecule has 0 spiro atoms. The third-order valence-corrected chi connectivity index (χ3v) is 3.72. The maximum Gasteiger partial charge on any atom is 0.143 e. The molecule has 0 unspecified atom stereocenters. The van der Waals surface area contributed by atoms with E-state index in [1.54, 1.807) is 18.3 Å². The van der Waals surface area contributed by atoms with Crippen molar-refractivity contribution in [2.24, 2.45) is 5.92 Å². The van der Waals surface area contributed by atoms with Crippen molar-refractivity contribution in [3.63, 3.8) is 0 Å². The second-order valence-corrected chi connectivity index (χ2v) is 5.49. The Balaban J connectivity index is 1.78. The predicted molar refractivity (Wildman–Crippen MR) is 78.3 cm³/mol. The van der Waals surface area contributed by atoms with Crippen LogP contribution in [0.3, 0.4) is 0 Å². The highest BCUT2D eigenvalue weighted by Crippen LogP contribution is 2.19. The van der Waals surface area contributed by atoms with Gasteiger partial charge in [0.2, 0.25) is 0 Å². The number of piperidine rings is 1. The van der Waals surface area contributed by atoms with Gasteiger partial charge in [-0.1, -0.05) is 0 Å².